The molecule has 2 aromatic rings. The van der Waals surface area contributed by atoms with Crippen molar-refractivity contribution >= 4 is 43.9 Å². The number of amides is 1. The van der Waals surface area contributed by atoms with Crippen molar-refractivity contribution in [2.24, 2.45) is 0 Å². The summed E-state index contributed by atoms with van der Waals surface area (Å²) >= 11 is 1.07. The Kier molecular flexibility index (Phi) is 7.34. The predicted molar refractivity (Wildman–Crippen MR) is 122 cm³/mol. The van der Waals surface area contributed by atoms with Crippen LogP contribution in [0.15, 0.2) is 30.3 Å². The number of ether oxygens (including phenoxy) is 1. The third-order valence-corrected chi connectivity index (χ3v) is 7.87. The first-order chi connectivity index (χ1) is 14.7. The van der Waals surface area contributed by atoms with Gasteiger partial charge in [0.15, 0.2) is 0 Å². The number of carbonyl (C=O) groups excluding carboxylic acids is 2. The summed E-state index contributed by atoms with van der Waals surface area (Å²) in [5.41, 5.74) is 2.90. The Balaban J connectivity index is 1.57. The van der Waals surface area contributed by atoms with Crippen LogP contribution in [0.5, 0.6) is 0 Å². The number of hydrogen-bond acceptors (Lipinski definition) is 7. The molecule has 0 aliphatic carbocycles. The minimum Gasteiger partial charge on any atom is -0.462 e. The fourth-order valence-corrected chi connectivity index (χ4v) is 5.71. The number of benzene rings is 1. The Bertz CT molecular complexity index is 1060. The number of thiophene rings is 1. The van der Waals surface area contributed by atoms with E-state index in [2.05, 4.69) is 16.3 Å². The molecule has 0 spiro atoms. The number of anilines is 2. The molecule has 10 heteroatoms. The molecule has 0 unspecified atom stereocenters. The number of piperazine rings is 1. The second-order valence-corrected chi connectivity index (χ2v) is 10.4. The van der Waals surface area contributed by atoms with E-state index >= 15 is 0 Å². The van der Waals surface area contributed by atoms with Crippen LogP contribution in [0, 0.1) is 13.8 Å². The average Bonchev–Trinajstić information content (AvgIpc) is 3.07. The quantitative estimate of drug-likeness (QED) is 0.632. The number of carbonyl (C=O) groups is 2. The van der Waals surface area contributed by atoms with Crippen LogP contribution in [0.3, 0.4) is 0 Å². The van der Waals surface area contributed by atoms with Crippen molar-refractivity contribution in [3.8, 4) is 0 Å². The minimum absolute atomic E-state index is 0.257. The van der Waals surface area contributed by atoms with Gasteiger partial charge in [-0.25, -0.2) is 13.2 Å². The molecule has 3 rings (SSSR count). The van der Waals surface area contributed by atoms with E-state index in [-0.39, 0.29) is 6.61 Å². The lowest BCUT2D eigenvalue weighted by atomic mass is 10.2. The van der Waals surface area contributed by atoms with Crippen molar-refractivity contribution in [1.82, 2.24) is 4.31 Å². The SMILES string of the molecule is CCOC(=O)c1sc(NC(=O)CS(=O)(=O)N2CCN(c3cccc(C)c3)CC2)cc1C. The highest BCUT2D eigenvalue weighted by atomic mass is 32.2. The molecule has 168 valence electrons. The zero-order valence-electron chi connectivity index (χ0n) is 17.9. The van der Waals surface area contributed by atoms with E-state index in [0.29, 0.717) is 41.6 Å². The van der Waals surface area contributed by atoms with E-state index in [0.717, 1.165) is 22.6 Å². The second-order valence-electron chi connectivity index (χ2n) is 7.37. The number of sulfonamides is 1. The average molecular weight is 466 g/mol. The molecule has 1 aliphatic rings. The van der Waals surface area contributed by atoms with Gasteiger partial charge in [0.2, 0.25) is 15.9 Å². The smallest absolute Gasteiger partial charge is 0.348 e. The van der Waals surface area contributed by atoms with Crippen LogP contribution in [-0.2, 0) is 19.6 Å². The second kappa shape index (κ2) is 9.80. The molecular weight excluding hydrogens is 438 g/mol. The molecule has 0 saturated carbocycles. The third kappa shape index (κ3) is 5.84. The van der Waals surface area contributed by atoms with Crippen LogP contribution in [0.1, 0.15) is 27.7 Å². The van der Waals surface area contributed by atoms with Gasteiger partial charge in [-0.15, -0.1) is 11.3 Å². The minimum atomic E-state index is -3.74. The number of rotatable bonds is 7. The number of aryl methyl sites for hydroxylation is 2. The van der Waals surface area contributed by atoms with E-state index in [1.54, 1.807) is 19.9 Å². The van der Waals surface area contributed by atoms with Gasteiger partial charge in [0.05, 0.1) is 11.6 Å². The molecule has 1 amide bonds. The highest BCUT2D eigenvalue weighted by molar-refractivity contribution is 7.89. The number of esters is 1. The zero-order chi connectivity index (χ0) is 22.6. The Morgan fingerprint density at radius 3 is 2.48 bits per heavy atom. The molecule has 1 N–H and O–H groups in total. The van der Waals surface area contributed by atoms with Crippen molar-refractivity contribution in [3.63, 3.8) is 0 Å². The topological polar surface area (TPSA) is 96.0 Å². The monoisotopic (exact) mass is 465 g/mol. The van der Waals surface area contributed by atoms with Crippen LogP contribution < -0.4 is 10.2 Å². The van der Waals surface area contributed by atoms with E-state index in [9.17, 15) is 18.0 Å². The molecule has 2 heterocycles. The lowest BCUT2D eigenvalue weighted by molar-refractivity contribution is -0.113. The predicted octanol–water partition coefficient (Wildman–Crippen LogP) is 2.63. The maximum absolute atomic E-state index is 12.7. The maximum atomic E-state index is 12.7. The number of nitrogens with one attached hydrogen (secondary N) is 1. The Hall–Kier alpha value is -2.43. The van der Waals surface area contributed by atoms with Crippen LogP contribution in [0.2, 0.25) is 0 Å². The van der Waals surface area contributed by atoms with Gasteiger partial charge >= 0.3 is 5.97 Å². The van der Waals surface area contributed by atoms with Crippen LogP contribution >= 0.6 is 11.3 Å². The van der Waals surface area contributed by atoms with E-state index in [1.165, 1.54) is 4.31 Å². The van der Waals surface area contributed by atoms with Crippen molar-refractivity contribution in [3.05, 3.63) is 46.3 Å². The standard InChI is InChI=1S/C21H27N3O5S2/c1-4-29-21(26)20-16(3)13-19(30-20)22-18(25)14-31(27,28)24-10-8-23(9-11-24)17-7-5-6-15(2)12-17/h5-7,12-13H,4,8-11,14H2,1-3H3,(H,22,25). The van der Waals surface area contributed by atoms with E-state index in [1.807, 2.05) is 25.1 Å². The Labute approximate surface area is 186 Å². The van der Waals surface area contributed by atoms with Gasteiger partial charge in [-0.05, 0) is 50.1 Å². The first kappa shape index (κ1) is 23.2. The summed E-state index contributed by atoms with van der Waals surface area (Å²) in [4.78, 5) is 26.8. The first-order valence-corrected chi connectivity index (χ1v) is 12.5. The summed E-state index contributed by atoms with van der Waals surface area (Å²) in [5, 5.41) is 3.01. The molecule has 0 radical (unpaired) electrons. The lowest BCUT2D eigenvalue weighted by Gasteiger charge is -2.35. The molecule has 0 bridgehead atoms. The first-order valence-electron chi connectivity index (χ1n) is 10.1. The molecule has 0 atom stereocenters. The fourth-order valence-electron chi connectivity index (χ4n) is 3.42. The molecule has 1 aromatic heterocycles. The van der Waals surface area contributed by atoms with Crippen LogP contribution in [-0.4, -0.2) is 63.1 Å². The molecular formula is C21H27N3O5S2. The van der Waals surface area contributed by atoms with Gasteiger partial charge in [0, 0.05) is 31.9 Å². The summed E-state index contributed by atoms with van der Waals surface area (Å²) in [7, 11) is -3.74. The van der Waals surface area contributed by atoms with E-state index < -0.39 is 27.7 Å². The maximum Gasteiger partial charge on any atom is 0.348 e. The number of hydrogen-bond donors (Lipinski definition) is 1. The Morgan fingerprint density at radius 1 is 1.13 bits per heavy atom. The summed E-state index contributed by atoms with van der Waals surface area (Å²) in [6.07, 6.45) is 0. The Morgan fingerprint density at radius 2 is 1.84 bits per heavy atom. The zero-order valence-corrected chi connectivity index (χ0v) is 19.5. The fraction of sp³-hybridized carbons (Fsp3) is 0.429. The van der Waals surface area contributed by atoms with Crippen molar-refractivity contribution in [1.29, 1.82) is 0 Å². The van der Waals surface area contributed by atoms with Gasteiger partial charge in [-0.3, -0.25) is 4.79 Å². The van der Waals surface area contributed by atoms with Crippen LogP contribution in [0.4, 0.5) is 10.7 Å². The highest BCUT2D eigenvalue weighted by Crippen LogP contribution is 2.27. The molecule has 1 fully saturated rings. The lowest BCUT2D eigenvalue weighted by Crippen LogP contribution is -2.50. The normalized spacial score (nSPS) is 15.0. The molecule has 1 aromatic carbocycles. The van der Waals surface area contributed by atoms with Crippen molar-refractivity contribution < 1.29 is 22.7 Å². The number of nitrogens with zero attached hydrogens (tertiary/aromatic N) is 2. The summed E-state index contributed by atoms with van der Waals surface area (Å²) in [5.74, 6) is -1.72. The van der Waals surface area contributed by atoms with Gasteiger partial charge in [-0.1, -0.05) is 12.1 Å². The molecule has 1 saturated heterocycles. The van der Waals surface area contributed by atoms with Crippen molar-refractivity contribution in [2.75, 3.05) is 48.8 Å². The molecule has 31 heavy (non-hydrogen) atoms. The molecule has 1 aliphatic heterocycles. The highest BCUT2D eigenvalue weighted by Gasteiger charge is 2.29. The van der Waals surface area contributed by atoms with Gasteiger partial charge < -0.3 is 15.0 Å². The van der Waals surface area contributed by atoms with Crippen molar-refractivity contribution in [2.45, 2.75) is 20.8 Å². The summed E-state index contributed by atoms with van der Waals surface area (Å²) in [6.45, 7) is 7.52. The largest absolute Gasteiger partial charge is 0.462 e. The van der Waals surface area contributed by atoms with Gasteiger partial charge in [-0.2, -0.15) is 4.31 Å². The summed E-state index contributed by atoms with van der Waals surface area (Å²) in [6, 6.07) is 9.73. The van der Waals surface area contributed by atoms with Gasteiger partial charge in [0.25, 0.3) is 0 Å². The summed E-state index contributed by atoms with van der Waals surface area (Å²) < 4.78 is 31.8. The van der Waals surface area contributed by atoms with E-state index in [4.69, 9.17) is 4.74 Å². The van der Waals surface area contributed by atoms with Crippen LogP contribution in [0.25, 0.3) is 0 Å². The third-order valence-electron chi connectivity index (χ3n) is 4.95. The molecule has 8 nitrogen and oxygen atoms in total. The van der Waals surface area contributed by atoms with Gasteiger partial charge in [0.1, 0.15) is 10.6 Å².